The summed E-state index contributed by atoms with van der Waals surface area (Å²) in [4.78, 5) is 32.2. The molecule has 0 radical (unpaired) electrons. The smallest absolute Gasteiger partial charge is 0.338 e. The summed E-state index contributed by atoms with van der Waals surface area (Å²) < 4.78 is 29.5. The van der Waals surface area contributed by atoms with Gasteiger partial charge in [0.05, 0.1) is 49.8 Å². The van der Waals surface area contributed by atoms with E-state index in [9.17, 15) is 9.59 Å². The number of hydrogen-bond donors (Lipinski definition) is 0. The largest absolute Gasteiger partial charge is 0.493 e. The van der Waals surface area contributed by atoms with E-state index >= 15 is 0 Å². The molecule has 0 fully saturated rings. The van der Waals surface area contributed by atoms with E-state index in [-0.39, 0.29) is 24.3 Å². The minimum atomic E-state index is -0.857. The highest BCUT2D eigenvalue weighted by Crippen LogP contribution is 2.42. The SMILES string of the molecule is C#CCOc1ccccc1/C=c1\sc2n(c1=O)[C@@H](c1cc(OC)c(OC)c(OC)c1)C(C(=O)OCC)=C(C)N=2. The molecule has 0 N–H and O–H groups in total. The van der Waals surface area contributed by atoms with E-state index in [0.717, 1.165) is 0 Å². The average Bonchev–Trinajstić information content (AvgIpc) is 3.24. The van der Waals surface area contributed by atoms with Crippen LogP contribution in [0.5, 0.6) is 23.0 Å². The van der Waals surface area contributed by atoms with Crippen LogP contribution in [-0.2, 0) is 9.53 Å². The number of carbonyl (C=O) groups is 1. The van der Waals surface area contributed by atoms with Crippen LogP contribution in [-0.4, -0.2) is 45.1 Å². The summed E-state index contributed by atoms with van der Waals surface area (Å²) in [5.41, 5.74) is 1.59. The Morgan fingerprint density at radius 3 is 2.44 bits per heavy atom. The molecule has 1 aromatic heterocycles. The number of terminal acetylenes is 1. The normalized spacial score (nSPS) is 14.7. The molecule has 0 aliphatic carbocycles. The van der Waals surface area contributed by atoms with E-state index in [1.807, 2.05) is 18.2 Å². The number of para-hydroxylation sites is 1. The van der Waals surface area contributed by atoms with E-state index in [2.05, 4.69) is 10.9 Å². The lowest BCUT2D eigenvalue weighted by Crippen LogP contribution is -2.40. The molecule has 9 nitrogen and oxygen atoms in total. The van der Waals surface area contributed by atoms with Crippen molar-refractivity contribution in [2.24, 2.45) is 4.99 Å². The topological polar surface area (TPSA) is 97.6 Å². The van der Waals surface area contributed by atoms with Gasteiger partial charge in [0.15, 0.2) is 16.3 Å². The molecule has 10 heteroatoms. The highest BCUT2D eigenvalue weighted by atomic mass is 32.1. The van der Waals surface area contributed by atoms with Gasteiger partial charge in [0.25, 0.3) is 5.56 Å². The molecule has 0 saturated heterocycles. The summed E-state index contributed by atoms with van der Waals surface area (Å²) in [6.45, 7) is 3.69. The van der Waals surface area contributed by atoms with Gasteiger partial charge in [0, 0.05) is 5.56 Å². The van der Waals surface area contributed by atoms with Crippen molar-refractivity contribution < 1.29 is 28.5 Å². The second-order valence-electron chi connectivity index (χ2n) is 8.29. The molecule has 4 rings (SSSR count). The standard InChI is InChI=1S/C29H28N2O7S/c1-7-13-38-20-12-10-9-11-18(20)16-23-27(32)31-25(19-14-21(34-4)26(36-6)22(15-19)35-5)24(28(33)37-8-2)17(3)30-29(31)39-23/h1,9-12,14-16,25H,8,13H2,2-6H3/b23-16-/t25-/m0/s1. The fourth-order valence-corrected chi connectivity index (χ4v) is 5.40. The third kappa shape index (κ3) is 5.26. The molecule has 0 saturated carbocycles. The van der Waals surface area contributed by atoms with E-state index < -0.39 is 12.0 Å². The van der Waals surface area contributed by atoms with Crippen molar-refractivity contribution in [1.29, 1.82) is 0 Å². The van der Waals surface area contributed by atoms with Crippen LogP contribution < -0.4 is 33.8 Å². The number of hydrogen-bond acceptors (Lipinski definition) is 9. The lowest BCUT2D eigenvalue weighted by Gasteiger charge is -2.26. The summed E-state index contributed by atoms with van der Waals surface area (Å²) >= 11 is 1.21. The molecule has 202 valence electrons. The van der Waals surface area contributed by atoms with Gasteiger partial charge in [-0.1, -0.05) is 35.5 Å². The van der Waals surface area contributed by atoms with Crippen molar-refractivity contribution in [3.63, 3.8) is 0 Å². The van der Waals surface area contributed by atoms with Crippen molar-refractivity contribution in [2.75, 3.05) is 34.5 Å². The summed E-state index contributed by atoms with van der Waals surface area (Å²) in [6.07, 6.45) is 7.08. The van der Waals surface area contributed by atoms with E-state index in [1.165, 1.54) is 37.2 Å². The quantitative estimate of drug-likeness (QED) is 0.300. The highest BCUT2D eigenvalue weighted by Gasteiger charge is 2.34. The molecule has 1 aliphatic heterocycles. The van der Waals surface area contributed by atoms with Gasteiger partial charge in [-0.2, -0.15) is 0 Å². The lowest BCUT2D eigenvalue weighted by atomic mass is 9.95. The van der Waals surface area contributed by atoms with Crippen LogP contribution in [0.1, 0.15) is 31.0 Å². The summed E-state index contributed by atoms with van der Waals surface area (Å²) in [7, 11) is 4.50. The highest BCUT2D eigenvalue weighted by molar-refractivity contribution is 7.07. The summed E-state index contributed by atoms with van der Waals surface area (Å²) in [5.74, 6) is 3.57. The van der Waals surface area contributed by atoms with Crippen molar-refractivity contribution >= 4 is 23.4 Å². The molecule has 0 spiro atoms. The number of esters is 1. The first-order valence-corrected chi connectivity index (χ1v) is 12.8. The minimum Gasteiger partial charge on any atom is -0.493 e. The maximum Gasteiger partial charge on any atom is 0.338 e. The fourth-order valence-electron chi connectivity index (χ4n) is 4.36. The Morgan fingerprint density at radius 2 is 1.82 bits per heavy atom. The Hall–Kier alpha value is -4.49. The number of ether oxygens (including phenoxy) is 5. The Bertz CT molecular complexity index is 1630. The maximum absolute atomic E-state index is 13.9. The number of allylic oxidation sites excluding steroid dienone is 1. The zero-order chi connectivity index (χ0) is 28.1. The third-order valence-corrected chi connectivity index (χ3v) is 7.02. The number of methoxy groups -OCH3 is 3. The van der Waals surface area contributed by atoms with E-state index in [0.29, 0.717) is 49.2 Å². The van der Waals surface area contributed by atoms with Crippen LogP contribution in [0.25, 0.3) is 6.08 Å². The van der Waals surface area contributed by atoms with Crippen LogP contribution in [0.4, 0.5) is 0 Å². The molecule has 0 unspecified atom stereocenters. The van der Waals surface area contributed by atoms with Gasteiger partial charge in [-0.15, -0.1) is 6.42 Å². The number of nitrogens with zero attached hydrogens (tertiary/aromatic N) is 2. The van der Waals surface area contributed by atoms with Crippen molar-refractivity contribution in [2.45, 2.75) is 19.9 Å². The number of benzene rings is 2. The number of fused-ring (bicyclic) bond motifs is 1. The van der Waals surface area contributed by atoms with Crippen molar-refractivity contribution in [3.8, 4) is 35.3 Å². The van der Waals surface area contributed by atoms with Crippen LogP contribution in [0.3, 0.4) is 0 Å². The predicted octanol–water partition coefficient (Wildman–Crippen LogP) is 2.84. The molecule has 3 aromatic rings. The van der Waals surface area contributed by atoms with Crippen molar-refractivity contribution in [1.82, 2.24) is 4.57 Å². The predicted molar refractivity (Wildman–Crippen MR) is 147 cm³/mol. The molecule has 0 amide bonds. The lowest BCUT2D eigenvalue weighted by molar-refractivity contribution is -0.139. The number of carbonyl (C=O) groups excluding carboxylic acids is 1. The van der Waals surface area contributed by atoms with E-state index in [4.69, 9.17) is 30.1 Å². The molecule has 1 aliphatic rings. The van der Waals surface area contributed by atoms with Gasteiger partial charge in [0.1, 0.15) is 12.4 Å². The van der Waals surface area contributed by atoms with Gasteiger partial charge in [-0.3, -0.25) is 9.36 Å². The first-order chi connectivity index (χ1) is 18.9. The second-order valence-corrected chi connectivity index (χ2v) is 9.30. The minimum absolute atomic E-state index is 0.0926. The second kappa shape index (κ2) is 11.9. The van der Waals surface area contributed by atoms with Gasteiger partial charge < -0.3 is 23.7 Å². The Morgan fingerprint density at radius 1 is 1.13 bits per heavy atom. The van der Waals surface area contributed by atoms with Crippen LogP contribution in [0.2, 0.25) is 0 Å². The average molecular weight is 549 g/mol. The first kappa shape index (κ1) is 27.5. The van der Waals surface area contributed by atoms with Gasteiger partial charge in [0.2, 0.25) is 5.75 Å². The molecular formula is C29H28N2O7S. The maximum atomic E-state index is 13.9. The first-order valence-electron chi connectivity index (χ1n) is 12.0. The Kier molecular flexibility index (Phi) is 8.42. The number of thiazole rings is 1. The number of rotatable bonds is 9. The zero-order valence-electron chi connectivity index (χ0n) is 22.3. The Balaban J connectivity index is 1.99. The molecule has 2 heterocycles. The molecule has 0 bridgehead atoms. The summed E-state index contributed by atoms with van der Waals surface area (Å²) in [6, 6.07) is 9.84. The fraction of sp³-hybridized carbons (Fsp3) is 0.276. The monoisotopic (exact) mass is 548 g/mol. The van der Waals surface area contributed by atoms with E-state index in [1.54, 1.807) is 38.1 Å². The summed E-state index contributed by atoms with van der Waals surface area (Å²) in [5, 5.41) is 0. The van der Waals surface area contributed by atoms with Crippen LogP contribution in [0.15, 0.2) is 57.5 Å². The Labute approximate surface area is 229 Å². The molecule has 1 atom stereocenters. The van der Waals surface area contributed by atoms with Crippen LogP contribution in [0, 0.1) is 12.3 Å². The third-order valence-electron chi connectivity index (χ3n) is 6.04. The van der Waals surface area contributed by atoms with Gasteiger partial charge in [-0.25, -0.2) is 9.79 Å². The molecular weight excluding hydrogens is 520 g/mol. The number of aromatic nitrogens is 1. The molecule has 2 aromatic carbocycles. The van der Waals surface area contributed by atoms with Crippen LogP contribution >= 0.6 is 11.3 Å². The van der Waals surface area contributed by atoms with Gasteiger partial charge >= 0.3 is 5.97 Å². The van der Waals surface area contributed by atoms with Gasteiger partial charge in [-0.05, 0) is 43.7 Å². The molecule has 39 heavy (non-hydrogen) atoms. The van der Waals surface area contributed by atoms with Crippen molar-refractivity contribution in [3.05, 3.63) is 78.5 Å². The zero-order valence-corrected chi connectivity index (χ0v) is 23.1.